The number of benzene rings is 2. The highest BCUT2D eigenvalue weighted by Gasteiger charge is 2.28. The molecular formula is C21H18ClF3N2O. The second-order valence-corrected chi connectivity index (χ2v) is 6.66. The number of fused-ring (bicyclic) bond motifs is 1. The molecule has 0 saturated heterocycles. The van der Waals surface area contributed by atoms with E-state index in [9.17, 15) is 18.0 Å². The van der Waals surface area contributed by atoms with Crippen molar-refractivity contribution in [2.24, 2.45) is 0 Å². The summed E-state index contributed by atoms with van der Waals surface area (Å²) in [6.07, 6.45) is -3.90. The molecule has 0 aliphatic carbocycles. The lowest BCUT2D eigenvalue weighted by atomic mass is 9.94. The third kappa shape index (κ3) is 4.39. The van der Waals surface area contributed by atoms with Crippen molar-refractivity contribution in [3.8, 4) is 0 Å². The summed E-state index contributed by atoms with van der Waals surface area (Å²) < 4.78 is 38.8. The van der Waals surface area contributed by atoms with E-state index < -0.39 is 12.7 Å². The number of H-pyrrole nitrogens is 1. The first-order valence-corrected chi connectivity index (χ1v) is 9.09. The topological polar surface area (TPSA) is 44.9 Å². The Morgan fingerprint density at radius 2 is 1.82 bits per heavy atom. The molecule has 7 heteroatoms. The van der Waals surface area contributed by atoms with Crippen LogP contribution in [0.3, 0.4) is 0 Å². The second-order valence-electron chi connectivity index (χ2n) is 6.25. The van der Waals surface area contributed by atoms with Crippen LogP contribution in [-0.4, -0.2) is 17.7 Å². The van der Waals surface area contributed by atoms with Crippen molar-refractivity contribution < 1.29 is 13.2 Å². The van der Waals surface area contributed by atoms with Crippen molar-refractivity contribution in [1.29, 1.82) is 0 Å². The van der Waals surface area contributed by atoms with Crippen molar-refractivity contribution in [3.63, 3.8) is 0 Å². The van der Waals surface area contributed by atoms with E-state index in [0.29, 0.717) is 39.7 Å². The van der Waals surface area contributed by atoms with Gasteiger partial charge in [0.2, 0.25) is 5.56 Å². The Bertz CT molecular complexity index is 1070. The standard InChI is InChI=1S/C21H18ClF3N2O/c1-2-14(15-9-6-10-17-19(15)16(22)11-18(28)27-17)20(26-12-21(23,24)25)13-7-4-3-5-8-13/h3-11,26H,2,12H2,1H3,(H,27,28)/b20-14-. The zero-order valence-electron chi connectivity index (χ0n) is 15.0. The van der Waals surface area contributed by atoms with Crippen molar-refractivity contribution in [2.45, 2.75) is 19.5 Å². The average Bonchev–Trinajstić information content (AvgIpc) is 2.64. The molecule has 0 fully saturated rings. The van der Waals surface area contributed by atoms with Gasteiger partial charge in [-0.15, -0.1) is 0 Å². The number of allylic oxidation sites excluding steroid dienone is 1. The Kier molecular flexibility index (Phi) is 5.79. The second kappa shape index (κ2) is 8.10. The third-order valence-electron chi connectivity index (χ3n) is 4.33. The number of pyridine rings is 1. The first-order valence-electron chi connectivity index (χ1n) is 8.71. The number of aromatic amines is 1. The lowest BCUT2D eigenvalue weighted by molar-refractivity contribution is -0.122. The van der Waals surface area contributed by atoms with Gasteiger partial charge >= 0.3 is 6.18 Å². The molecule has 1 aromatic heterocycles. The Hall–Kier alpha value is -2.73. The molecule has 3 rings (SSSR count). The summed E-state index contributed by atoms with van der Waals surface area (Å²) in [6, 6.07) is 15.4. The van der Waals surface area contributed by atoms with Gasteiger partial charge in [-0.25, -0.2) is 0 Å². The lowest BCUT2D eigenvalue weighted by Gasteiger charge is -2.20. The van der Waals surface area contributed by atoms with Crippen LogP contribution in [0.1, 0.15) is 24.5 Å². The Morgan fingerprint density at radius 3 is 2.46 bits per heavy atom. The molecule has 2 N–H and O–H groups in total. The quantitative estimate of drug-likeness (QED) is 0.541. The van der Waals surface area contributed by atoms with Crippen LogP contribution >= 0.6 is 11.6 Å². The summed E-state index contributed by atoms with van der Waals surface area (Å²) in [5, 5.41) is 3.41. The number of halogens is 4. The highest BCUT2D eigenvalue weighted by atomic mass is 35.5. The predicted molar refractivity (Wildman–Crippen MR) is 107 cm³/mol. The Labute approximate surface area is 164 Å². The van der Waals surface area contributed by atoms with E-state index in [1.807, 2.05) is 6.92 Å². The molecule has 0 aliphatic rings. The Balaban J connectivity index is 2.28. The van der Waals surface area contributed by atoms with Crippen LogP contribution in [0.5, 0.6) is 0 Å². The number of alkyl halides is 3. The fraction of sp³-hybridized carbons (Fsp3) is 0.190. The maximum Gasteiger partial charge on any atom is 0.405 e. The minimum absolute atomic E-state index is 0.253. The fourth-order valence-electron chi connectivity index (χ4n) is 3.20. The largest absolute Gasteiger partial charge is 0.405 e. The van der Waals surface area contributed by atoms with Gasteiger partial charge in [-0.1, -0.05) is 61.0 Å². The van der Waals surface area contributed by atoms with E-state index in [-0.39, 0.29) is 10.6 Å². The van der Waals surface area contributed by atoms with Gasteiger partial charge in [0.1, 0.15) is 6.54 Å². The lowest BCUT2D eigenvalue weighted by Crippen LogP contribution is -2.28. The first kappa shape index (κ1) is 20.0. The third-order valence-corrected chi connectivity index (χ3v) is 4.63. The normalized spacial score (nSPS) is 12.8. The molecule has 3 nitrogen and oxygen atoms in total. The summed E-state index contributed by atoms with van der Waals surface area (Å²) in [6.45, 7) is 0.710. The van der Waals surface area contributed by atoms with Gasteiger partial charge in [0.15, 0.2) is 0 Å². The molecule has 0 spiro atoms. The van der Waals surface area contributed by atoms with Gasteiger partial charge in [-0.3, -0.25) is 4.79 Å². The van der Waals surface area contributed by atoms with E-state index in [2.05, 4.69) is 10.3 Å². The maximum atomic E-state index is 12.9. The maximum absolute atomic E-state index is 12.9. The summed E-state index contributed by atoms with van der Waals surface area (Å²) in [7, 11) is 0. The average molecular weight is 407 g/mol. The van der Waals surface area contributed by atoms with Gasteiger partial charge in [-0.05, 0) is 29.2 Å². The van der Waals surface area contributed by atoms with Crippen LogP contribution in [0.4, 0.5) is 13.2 Å². The highest BCUT2D eigenvalue weighted by molar-refractivity contribution is 6.36. The van der Waals surface area contributed by atoms with E-state index >= 15 is 0 Å². The first-order chi connectivity index (χ1) is 13.3. The van der Waals surface area contributed by atoms with Gasteiger partial charge in [0.25, 0.3) is 0 Å². The zero-order chi connectivity index (χ0) is 20.3. The van der Waals surface area contributed by atoms with Crippen molar-refractivity contribution in [2.75, 3.05) is 6.54 Å². The van der Waals surface area contributed by atoms with E-state index in [4.69, 9.17) is 11.6 Å². The molecule has 2 aromatic carbocycles. The predicted octanol–water partition coefficient (Wildman–Crippen LogP) is 5.61. The SMILES string of the molecule is CC/C(=C(/NCC(F)(F)F)c1ccccc1)c1cccc2[nH]c(=O)cc(Cl)c12. The van der Waals surface area contributed by atoms with Crippen molar-refractivity contribution >= 4 is 33.8 Å². The number of aromatic nitrogens is 1. The summed E-state index contributed by atoms with van der Waals surface area (Å²) in [4.78, 5) is 14.5. The number of rotatable bonds is 5. The molecular weight excluding hydrogens is 389 g/mol. The molecule has 0 atom stereocenters. The van der Waals surface area contributed by atoms with Crippen LogP contribution in [0.2, 0.25) is 5.02 Å². The van der Waals surface area contributed by atoms with E-state index in [1.165, 1.54) is 6.07 Å². The monoisotopic (exact) mass is 406 g/mol. The number of hydrogen-bond acceptors (Lipinski definition) is 2. The summed E-state index contributed by atoms with van der Waals surface area (Å²) >= 11 is 6.33. The van der Waals surface area contributed by atoms with Crippen molar-refractivity contribution in [3.05, 3.63) is 81.1 Å². The van der Waals surface area contributed by atoms with Crippen molar-refractivity contribution in [1.82, 2.24) is 10.3 Å². The summed E-state index contributed by atoms with van der Waals surface area (Å²) in [5.41, 5.74) is 2.57. The molecule has 0 amide bonds. The highest BCUT2D eigenvalue weighted by Crippen LogP contribution is 2.34. The molecule has 0 bridgehead atoms. The molecule has 0 aliphatic heterocycles. The molecule has 146 valence electrons. The van der Waals surface area contributed by atoms with E-state index in [1.54, 1.807) is 48.5 Å². The molecule has 3 aromatic rings. The minimum Gasteiger partial charge on any atom is -0.376 e. The van der Waals surface area contributed by atoms with Crippen LogP contribution in [0, 0.1) is 0 Å². The molecule has 0 unspecified atom stereocenters. The zero-order valence-corrected chi connectivity index (χ0v) is 15.8. The van der Waals surface area contributed by atoms with E-state index in [0.717, 1.165) is 0 Å². The van der Waals surface area contributed by atoms with Gasteiger partial charge in [-0.2, -0.15) is 13.2 Å². The molecule has 28 heavy (non-hydrogen) atoms. The van der Waals surface area contributed by atoms with Crippen LogP contribution in [-0.2, 0) is 0 Å². The van der Waals surface area contributed by atoms with Crippen LogP contribution in [0.15, 0.2) is 59.4 Å². The molecule has 1 heterocycles. The minimum atomic E-state index is -4.36. The molecule has 0 radical (unpaired) electrons. The van der Waals surface area contributed by atoms with Gasteiger partial charge in [0.05, 0.1) is 10.5 Å². The molecule has 0 saturated carbocycles. The van der Waals surface area contributed by atoms with Crippen LogP contribution in [0.25, 0.3) is 22.2 Å². The number of hydrogen-bond donors (Lipinski definition) is 2. The fourth-order valence-corrected chi connectivity index (χ4v) is 3.50. The van der Waals surface area contributed by atoms with Gasteiger partial charge in [0, 0.05) is 17.1 Å². The number of nitrogens with one attached hydrogen (secondary N) is 2. The summed E-state index contributed by atoms with van der Waals surface area (Å²) in [5.74, 6) is 0. The Morgan fingerprint density at radius 1 is 1.11 bits per heavy atom. The van der Waals surface area contributed by atoms with Gasteiger partial charge < -0.3 is 10.3 Å². The van der Waals surface area contributed by atoms with Crippen LogP contribution < -0.4 is 10.9 Å². The smallest absolute Gasteiger partial charge is 0.376 e.